The first-order valence-electron chi connectivity index (χ1n) is 4.88. The van der Waals surface area contributed by atoms with Crippen LogP contribution in [-0.2, 0) is 15.7 Å². The molecule has 0 spiro atoms. The van der Waals surface area contributed by atoms with Crippen LogP contribution in [0.4, 0.5) is 18.9 Å². The van der Waals surface area contributed by atoms with Crippen LogP contribution in [0.1, 0.15) is 5.56 Å². The number of ether oxygens (including phenoxy) is 1. The molecule has 0 aromatic heterocycles. The molecule has 0 amide bonds. The summed E-state index contributed by atoms with van der Waals surface area (Å²) in [7, 11) is 1.06. The van der Waals surface area contributed by atoms with E-state index in [9.17, 15) is 18.0 Å². The van der Waals surface area contributed by atoms with E-state index in [1.54, 1.807) is 0 Å². The Bertz CT molecular complexity index is 547. The highest BCUT2D eigenvalue weighted by Crippen LogP contribution is 2.30. The van der Waals surface area contributed by atoms with Gasteiger partial charge in [-0.25, -0.2) is 4.79 Å². The maximum Gasteiger partial charge on any atom is 0.416 e. The number of hydrazone groups is 1. The Hall–Kier alpha value is -2.56. The molecule has 0 aliphatic rings. The predicted octanol–water partition coefficient (Wildman–Crippen LogP) is 2.17. The van der Waals surface area contributed by atoms with E-state index in [4.69, 9.17) is 5.26 Å². The third-order valence-corrected chi connectivity index (χ3v) is 1.97. The van der Waals surface area contributed by atoms with Crippen LogP contribution in [0.5, 0.6) is 0 Å². The Morgan fingerprint density at radius 2 is 2.16 bits per heavy atom. The van der Waals surface area contributed by atoms with Crippen LogP contribution < -0.4 is 5.43 Å². The Labute approximate surface area is 106 Å². The van der Waals surface area contributed by atoms with Gasteiger partial charge in [0.05, 0.1) is 18.4 Å². The summed E-state index contributed by atoms with van der Waals surface area (Å²) in [6.45, 7) is 0. The van der Waals surface area contributed by atoms with Crippen LogP contribution in [0.25, 0.3) is 0 Å². The van der Waals surface area contributed by atoms with Gasteiger partial charge in [0, 0.05) is 0 Å². The van der Waals surface area contributed by atoms with Crippen LogP contribution >= 0.6 is 0 Å². The molecular formula is C11H8F3N3O2. The molecule has 8 heteroatoms. The maximum atomic E-state index is 12.4. The van der Waals surface area contributed by atoms with Crippen molar-refractivity contribution in [1.29, 1.82) is 5.26 Å². The van der Waals surface area contributed by atoms with E-state index >= 15 is 0 Å². The van der Waals surface area contributed by atoms with Crippen molar-refractivity contribution in [3.63, 3.8) is 0 Å². The number of benzene rings is 1. The van der Waals surface area contributed by atoms with Crippen molar-refractivity contribution in [1.82, 2.24) is 0 Å². The van der Waals surface area contributed by atoms with Gasteiger partial charge in [0.1, 0.15) is 6.07 Å². The Morgan fingerprint density at radius 3 is 2.68 bits per heavy atom. The predicted molar refractivity (Wildman–Crippen MR) is 60.1 cm³/mol. The lowest BCUT2D eigenvalue weighted by atomic mass is 10.2. The third-order valence-electron chi connectivity index (χ3n) is 1.97. The molecule has 0 radical (unpaired) electrons. The van der Waals surface area contributed by atoms with E-state index in [1.807, 2.05) is 0 Å². The number of rotatable bonds is 3. The second kappa shape index (κ2) is 5.86. The molecule has 1 aromatic rings. The quantitative estimate of drug-likeness (QED) is 0.519. The fourth-order valence-corrected chi connectivity index (χ4v) is 1.10. The van der Waals surface area contributed by atoms with Gasteiger partial charge in [-0.1, -0.05) is 6.07 Å². The van der Waals surface area contributed by atoms with Gasteiger partial charge in [0.2, 0.25) is 5.71 Å². The fourth-order valence-electron chi connectivity index (χ4n) is 1.10. The van der Waals surface area contributed by atoms with Gasteiger partial charge in [-0.3, -0.25) is 5.43 Å². The topological polar surface area (TPSA) is 74.5 Å². The molecule has 0 heterocycles. The smallest absolute Gasteiger partial charge is 0.416 e. The fraction of sp³-hybridized carbons (Fsp3) is 0.182. The lowest BCUT2D eigenvalue weighted by Gasteiger charge is -2.08. The van der Waals surface area contributed by atoms with Crippen LogP contribution in [0, 0.1) is 11.3 Å². The Balaban J connectivity index is 2.93. The zero-order chi connectivity index (χ0) is 14.5. The molecule has 5 nitrogen and oxygen atoms in total. The molecule has 1 N–H and O–H groups in total. The lowest BCUT2D eigenvalue weighted by Crippen LogP contribution is -2.15. The Kier molecular flexibility index (Phi) is 4.47. The average Bonchev–Trinajstić information content (AvgIpc) is 2.38. The molecule has 1 aromatic carbocycles. The number of hydrogen-bond acceptors (Lipinski definition) is 5. The van der Waals surface area contributed by atoms with E-state index in [2.05, 4.69) is 15.3 Å². The second-order valence-corrected chi connectivity index (χ2v) is 3.25. The van der Waals surface area contributed by atoms with Crippen molar-refractivity contribution in [3.8, 4) is 6.07 Å². The normalized spacial score (nSPS) is 11.6. The SMILES string of the molecule is COC(=O)/C(C#N)=N\Nc1cccc(C(F)(F)F)c1. The molecular weight excluding hydrogens is 263 g/mol. The number of nitriles is 1. The largest absolute Gasteiger partial charge is 0.464 e. The average molecular weight is 271 g/mol. The van der Waals surface area contributed by atoms with Crippen molar-refractivity contribution in [3.05, 3.63) is 29.8 Å². The van der Waals surface area contributed by atoms with Gasteiger partial charge < -0.3 is 4.74 Å². The van der Waals surface area contributed by atoms with E-state index in [1.165, 1.54) is 18.2 Å². The summed E-state index contributed by atoms with van der Waals surface area (Å²) < 4.78 is 41.5. The molecule has 0 unspecified atom stereocenters. The van der Waals surface area contributed by atoms with Gasteiger partial charge >= 0.3 is 12.1 Å². The summed E-state index contributed by atoms with van der Waals surface area (Å²) in [5.41, 5.74) is 0.712. The molecule has 0 saturated heterocycles. The molecule has 0 atom stereocenters. The minimum Gasteiger partial charge on any atom is -0.464 e. The second-order valence-electron chi connectivity index (χ2n) is 3.25. The van der Waals surface area contributed by atoms with Crippen molar-refractivity contribution in [2.45, 2.75) is 6.18 Å². The molecule has 0 bridgehead atoms. The van der Waals surface area contributed by atoms with Crippen molar-refractivity contribution < 1.29 is 22.7 Å². The number of anilines is 1. The van der Waals surface area contributed by atoms with Crippen molar-refractivity contribution >= 4 is 17.4 Å². The standard InChI is InChI=1S/C11H8F3N3O2/c1-19-10(18)9(6-15)17-16-8-4-2-3-7(5-8)11(12,13)14/h2-5,16H,1H3/b17-9-. The minimum absolute atomic E-state index is 0.00789. The van der Waals surface area contributed by atoms with Gasteiger partial charge in [-0.05, 0) is 18.2 Å². The minimum atomic E-state index is -4.48. The maximum absolute atomic E-state index is 12.4. The third kappa shape index (κ3) is 3.99. The Morgan fingerprint density at radius 1 is 1.47 bits per heavy atom. The van der Waals surface area contributed by atoms with Crippen LogP contribution in [0.2, 0.25) is 0 Å². The van der Waals surface area contributed by atoms with E-state index in [0.29, 0.717) is 0 Å². The lowest BCUT2D eigenvalue weighted by molar-refractivity contribution is -0.137. The number of nitrogens with one attached hydrogen (secondary N) is 1. The number of hydrogen-bond donors (Lipinski definition) is 1. The zero-order valence-corrected chi connectivity index (χ0v) is 9.65. The van der Waals surface area contributed by atoms with Gasteiger partial charge in [-0.15, -0.1) is 0 Å². The van der Waals surface area contributed by atoms with E-state index in [0.717, 1.165) is 19.2 Å². The van der Waals surface area contributed by atoms with Gasteiger partial charge in [0.15, 0.2) is 0 Å². The number of carbonyl (C=O) groups excluding carboxylic acids is 1. The summed E-state index contributed by atoms with van der Waals surface area (Å²) >= 11 is 0. The van der Waals surface area contributed by atoms with Crippen LogP contribution in [-0.4, -0.2) is 18.8 Å². The molecule has 0 aliphatic heterocycles. The molecule has 0 aliphatic carbocycles. The summed E-state index contributed by atoms with van der Waals surface area (Å²) in [5, 5.41) is 12.0. The summed E-state index contributed by atoms with van der Waals surface area (Å²) in [6.07, 6.45) is -4.48. The number of carbonyl (C=O) groups is 1. The first kappa shape index (κ1) is 14.5. The number of alkyl halides is 3. The van der Waals surface area contributed by atoms with E-state index in [-0.39, 0.29) is 5.69 Å². The van der Waals surface area contributed by atoms with Crippen LogP contribution in [0.3, 0.4) is 0 Å². The van der Waals surface area contributed by atoms with Gasteiger partial charge in [-0.2, -0.15) is 23.5 Å². The first-order valence-corrected chi connectivity index (χ1v) is 4.88. The molecule has 19 heavy (non-hydrogen) atoms. The number of esters is 1. The summed E-state index contributed by atoms with van der Waals surface area (Å²) in [5.74, 6) is -0.984. The van der Waals surface area contributed by atoms with Crippen molar-refractivity contribution in [2.24, 2.45) is 5.10 Å². The van der Waals surface area contributed by atoms with Crippen molar-refractivity contribution in [2.75, 3.05) is 12.5 Å². The monoisotopic (exact) mass is 271 g/mol. The zero-order valence-electron chi connectivity index (χ0n) is 9.65. The molecule has 0 fully saturated rings. The molecule has 0 saturated carbocycles. The number of halogens is 3. The highest BCUT2D eigenvalue weighted by molar-refractivity contribution is 6.43. The first-order chi connectivity index (χ1) is 8.88. The van der Waals surface area contributed by atoms with E-state index < -0.39 is 23.4 Å². The molecule has 1 rings (SSSR count). The number of nitrogens with zero attached hydrogens (tertiary/aromatic N) is 2. The highest BCUT2D eigenvalue weighted by Gasteiger charge is 2.30. The summed E-state index contributed by atoms with van der Waals surface area (Å²) in [6, 6.07) is 5.63. The molecule has 100 valence electrons. The number of methoxy groups -OCH3 is 1. The van der Waals surface area contributed by atoms with Gasteiger partial charge in [0.25, 0.3) is 0 Å². The highest BCUT2D eigenvalue weighted by atomic mass is 19.4. The van der Waals surface area contributed by atoms with Crippen LogP contribution in [0.15, 0.2) is 29.4 Å². The summed E-state index contributed by atoms with van der Waals surface area (Å²) in [4.78, 5) is 11.0.